The summed E-state index contributed by atoms with van der Waals surface area (Å²) < 4.78 is 0. The highest BCUT2D eigenvalue weighted by molar-refractivity contribution is 7.20. The number of carbonyl (C=O) groups excluding carboxylic acids is 1. The van der Waals surface area contributed by atoms with Crippen LogP contribution < -0.4 is 5.32 Å². The fourth-order valence-corrected chi connectivity index (χ4v) is 4.72. The molecule has 1 aliphatic heterocycles. The number of nitrogens with one attached hydrogen (secondary N) is 1. The minimum Gasteiger partial charge on any atom is -0.364 e. The van der Waals surface area contributed by atoms with Crippen LogP contribution in [-0.4, -0.2) is 38.3 Å². The van der Waals surface area contributed by atoms with Crippen LogP contribution in [0.4, 0.5) is 5.82 Å². The second kappa shape index (κ2) is 7.60. The lowest BCUT2D eigenvalue weighted by atomic mass is 10.0. The van der Waals surface area contributed by atoms with Crippen LogP contribution in [0, 0.1) is 6.92 Å². The molecule has 1 aliphatic rings. The van der Waals surface area contributed by atoms with Gasteiger partial charge < -0.3 is 10.2 Å². The van der Waals surface area contributed by atoms with Crippen molar-refractivity contribution >= 4 is 33.3 Å². The van der Waals surface area contributed by atoms with Crippen molar-refractivity contribution < 1.29 is 4.79 Å². The molecule has 3 aromatic rings. The Balaban J connectivity index is 1.64. The molecular formula is C20H23N5OS. The Hall–Kier alpha value is -2.54. The minimum absolute atomic E-state index is 0.123. The van der Waals surface area contributed by atoms with Gasteiger partial charge in [-0.2, -0.15) is 0 Å². The minimum atomic E-state index is 0.123. The Labute approximate surface area is 162 Å². The number of carbonyl (C=O) groups is 1. The van der Waals surface area contributed by atoms with Crippen molar-refractivity contribution in [1.29, 1.82) is 0 Å². The number of anilines is 1. The number of piperidine rings is 1. The van der Waals surface area contributed by atoms with E-state index in [-0.39, 0.29) is 5.91 Å². The fourth-order valence-electron chi connectivity index (χ4n) is 3.62. The van der Waals surface area contributed by atoms with Gasteiger partial charge in [0.15, 0.2) is 0 Å². The van der Waals surface area contributed by atoms with E-state index in [2.05, 4.69) is 27.2 Å². The van der Waals surface area contributed by atoms with Crippen LogP contribution in [0.2, 0.25) is 0 Å². The average molecular weight is 382 g/mol. The molecule has 0 radical (unpaired) electrons. The van der Waals surface area contributed by atoms with E-state index >= 15 is 0 Å². The second-order valence-corrected chi connectivity index (χ2v) is 7.98. The lowest BCUT2D eigenvalue weighted by molar-refractivity contribution is 0.0640. The standard InChI is InChI=1S/C20H23N5OS/c1-13-7-4-6-10-25(13)20(26)17-14(2)16-18(23-12-24-19(16)27-17)22-11-15-8-3-5-9-21-15/h3,5,8-9,12-13H,4,6-7,10-11H2,1-2H3,(H,22,23,24)/t13-/m0/s1. The van der Waals surface area contributed by atoms with E-state index < -0.39 is 0 Å². The number of hydrogen-bond acceptors (Lipinski definition) is 6. The average Bonchev–Trinajstić information content (AvgIpc) is 3.04. The molecule has 1 amide bonds. The zero-order chi connectivity index (χ0) is 18.8. The molecular weight excluding hydrogens is 358 g/mol. The molecule has 4 heterocycles. The fraction of sp³-hybridized carbons (Fsp3) is 0.400. The number of thiophene rings is 1. The van der Waals surface area contributed by atoms with E-state index in [1.807, 2.05) is 30.0 Å². The second-order valence-electron chi connectivity index (χ2n) is 6.98. The largest absolute Gasteiger partial charge is 0.364 e. The summed E-state index contributed by atoms with van der Waals surface area (Å²) in [5, 5.41) is 4.29. The molecule has 1 fully saturated rings. The van der Waals surface area contributed by atoms with Crippen LogP contribution in [0.3, 0.4) is 0 Å². The lowest BCUT2D eigenvalue weighted by Gasteiger charge is -2.33. The highest BCUT2D eigenvalue weighted by atomic mass is 32.1. The number of amides is 1. The maximum Gasteiger partial charge on any atom is 0.264 e. The first-order chi connectivity index (χ1) is 13.1. The molecule has 6 nitrogen and oxygen atoms in total. The number of rotatable bonds is 4. The van der Waals surface area contributed by atoms with Crippen LogP contribution in [-0.2, 0) is 6.54 Å². The summed E-state index contributed by atoms with van der Waals surface area (Å²) in [6, 6.07) is 6.13. The zero-order valence-corrected chi connectivity index (χ0v) is 16.4. The van der Waals surface area contributed by atoms with E-state index in [0.717, 1.165) is 51.6 Å². The number of pyridine rings is 1. The third-order valence-corrected chi connectivity index (χ3v) is 6.34. The summed E-state index contributed by atoms with van der Waals surface area (Å²) in [6.07, 6.45) is 6.68. The van der Waals surface area contributed by atoms with Gasteiger partial charge in [-0.25, -0.2) is 9.97 Å². The first-order valence-corrected chi connectivity index (χ1v) is 10.2. The number of hydrogen-bond donors (Lipinski definition) is 1. The zero-order valence-electron chi connectivity index (χ0n) is 15.6. The molecule has 4 rings (SSSR count). The number of likely N-dealkylation sites (tertiary alicyclic amines) is 1. The normalized spacial score (nSPS) is 17.3. The lowest BCUT2D eigenvalue weighted by Crippen LogP contribution is -2.41. The summed E-state index contributed by atoms with van der Waals surface area (Å²) in [7, 11) is 0. The Morgan fingerprint density at radius 3 is 2.96 bits per heavy atom. The van der Waals surface area contributed by atoms with Crippen molar-refractivity contribution in [3.05, 3.63) is 46.9 Å². The van der Waals surface area contributed by atoms with Crippen molar-refractivity contribution in [1.82, 2.24) is 19.9 Å². The molecule has 0 saturated carbocycles. The first-order valence-electron chi connectivity index (χ1n) is 9.34. The van der Waals surface area contributed by atoms with E-state index in [4.69, 9.17) is 0 Å². The topological polar surface area (TPSA) is 71.0 Å². The molecule has 0 bridgehead atoms. The van der Waals surface area contributed by atoms with Crippen molar-refractivity contribution in [3.63, 3.8) is 0 Å². The maximum absolute atomic E-state index is 13.1. The SMILES string of the molecule is Cc1c(C(=O)N2CCCC[C@@H]2C)sc2ncnc(NCc3ccccn3)c12. The molecule has 1 atom stereocenters. The van der Waals surface area contributed by atoms with Gasteiger partial charge in [0.25, 0.3) is 5.91 Å². The van der Waals surface area contributed by atoms with Gasteiger partial charge >= 0.3 is 0 Å². The molecule has 27 heavy (non-hydrogen) atoms. The van der Waals surface area contributed by atoms with E-state index in [1.54, 1.807) is 12.5 Å². The molecule has 0 spiro atoms. The summed E-state index contributed by atoms with van der Waals surface area (Å²) in [6.45, 7) is 5.55. The van der Waals surface area contributed by atoms with Crippen molar-refractivity contribution in [2.24, 2.45) is 0 Å². The van der Waals surface area contributed by atoms with Crippen molar-refractivity contribution in [2.45, 2.75) is 45.7 Å². The molecule has 1 N–H and O–H groups in total. The number of fused-ring (bicyclic) bond motifs is 1. The monoisotopic (exact) mass is 381 g/mol. The van der Waals surface area contributed by atoms with Gasteiger partial charge in [-0.05, 0) is 50.8 Å². The van der Waals surface area contributed by atoms with Gasteiger partial charge in [-0.1, -0.05) is 6.07 Å². The van der Waals surface area contributed by atoms with Gasteiger partial charge in [0.1, 0.15) is 17.0 Å². The van der Waals surface area contributed by atoms with Crippen LogP contribution in [0.15, 0.2) is 30.7 Å². The third-order valence-electron chi connectivity index (χ3n) is 5.15. The number of aryl methyl sites for hydroxylation is 1. The number of nitrogens with zero attached hydrogens (tertiary/aromatic N) is 4. The summed E-state index contributed by atoms with van der Waals surface area (Å²) >= 11 is 1.47. The van der Waals surface area contributed by atoms with Crippen molar-refractivity contribution in [2.75, 3.05) is 11.9 Å². The molecule has 140 valence electrons. The van der Waals surface area contributed by atoms with Gasteiger partial charge in [-0.3, -0.25) is 9.78 Å². The highest BCUT2D eigenvalue weighted by Crippen LogP contribution is 2.35. The molecule has 3 aromatic heterocycles. The molecule has 0 unspecified atom stereocenters. The maximum atomic E-state index is 13.1. The van der Waals surface area contributed by atoms with Gasteiger partial charge in [-0.15, -0.1) is 11.3 Å². The summed E-state index contributed by atoms with van der Waals surface area (Å²) in [5.74, 6) is 0.878. The molecule has 1 saturated heterocycles. The summed E-state index contributed by atoms with van der Waals surface area (Å²) in [4.78, 5) is 29.9. The molecule has 0 aromatic carbocycles. The highest BCUT2D eigenvalue weighted by Gasteiger charge is 2.28. The van der Waals surface area contributed by atoms with E-state index in [0.29, 0.717) is 12.6 Å². The third kappa shape index (κ3) is 3.51. The Bertz CT molecular complexity index is 956. The molecule has 7 heteroatoms. The predicted molar refractivity (Wildman–Crippen MR) is 108 cm³/mol. The quantitative estimate of drug-likeness (QED) is 0.739. The Kier molecular flexibility index (Phi) is 5.03. The Morgan fingerprint density at radius 1 is 1.30 bits per heavy atom. The van der Waals surface area contributed by atoms with E-state index in [1.165, 1.54) is 17.8 Å². The number of aromatic nitrogens is 3. The predicted octanol–water partition coefficient (Wildman–Crippen LogP) is 4.02. The van der Waals surface area contributed by atoms with Crippen LogP contribution >= 0.6 is 11.3 Å². The van der Waals surface area contributed by atoms with Crippen LogP contribution in [0.1, 0.15) is 47.1 Å². The molecule has 0 aliphatic carbocycles. The van der Waals surface area contributed by atoms with E-state index in [9.17, 15) is 4.79 Å². The van der Waals surface area contributed by atoms with Crippen LogP contribution in [0.5, 0.6) is 0 Å². The summed E-state index contributed by atoms with van der Waals surface area (Å²) in [5.41, 5.74) is 1.90. The van der Waals surface area contributed by atoms with Gasteiger partial charge in [0.05, 0.1) is 22.5 Å². The van der Waals surface area contributed by atoms with Gasteiger partial charge in [0.2, 0.25) is 0 Å². The van der Waals surface area contributed by atoms with Gasteiger partial charge in [0, 0.05) is 18.8 Å². The Morgan fingerprint density at radius 2 is 2.19 bits per heavy atom. The van der Waals surface area contributed by atoms with Crippen LogP contribution in [0.25, 0.3) is 10.2 Å². The first kappa shape index (κ1) is 17.9. The smallest absolute Gasteiger partial charge is 0.264 e. The van der Waals surface area contributed by atoms with Crippen molar-refractivity contribution in [3.8, 4) is 0 Å².